The zero-order valence-corrected chi connectivity index (χ0v) is 25.1. The number of hydrogen-bond donors (Lipinski definition) is 0. The lowest BCUT2D eigenvalue weighted by Crippen LogP contribution is -2.35. The molecule has 0 spiro atoms. The molecule has 0 radical (unpaired) electrons. The fourth-order valence-corrected chi connectivity index (χ4v) is 4.68. The third-order valence-electron chi connectivity index (χ3n) is 5.71. The SMILES string of the molecule is CC(C)C(=O)OCOC(=O)SC[C@H](CC(=O)C(C)(C)SC(=O)OCOC(=O)C(C)C)C(=O)OC1CCCCC1. The molecule has 0 aromatic rings. The number of hydrogen-bond acceptors (Lipinski definition) is 13. The van der Waals surface area contributed by atoms with Crippen LogP contribution in [0.25, 0.3) is 0 Å². The van der Waals surface area contributed by atoms with E-state index in [0.29, 0.717) is 23.5 Å². The molecule has 0 aromatic carbocycles. The number of carbonyl (C=O) groups is 6. The molecule has 13 heteroatoms. The van der Waals surface area contributed by atoms with E-state index in [-0.39, 0.29) is 30.1 Å². The van der Waals surface area contributed by atoms with Crippen molar-refractivity contribution in [2.45, 2.75) is 90.9 Å². The quantitative estimate of drug-likeness (QED) is 0.147. The van der Waals surface area contributed by atoms with Gasteiger partial charge < -0.3 is 23.7 Å². The number of Topliss-reactive ketones (excluding diaryl/α,β-unsaturated/α-hetero) is 1. The molecule has 0 unspecified atom stereocenters. The van der Waals surface area contributed by atoms with Gasteiger partial charge in [-0.25, -0.2) is 9.59 Å². The molecule has 0 heterocycles. The Morgan fingerprint density at radius 1 is 0.744 bits per heavy atom. The molecule has 1 saturated carbocycles. The van der Waals surface area contributed by atoms with Crippen LogP contribution in [0.2, 0.25) is 0 Å². The van der Waals surface area contributed by atoms with E-state index in [1.165, 1.54) is 13.8 Å². The molecule has 1 rings (SSSR count). The van der Waals surface area contributed by atoms with Crippen molar-refractivity contribution >= 4 is 57.8 Å². The molecule has 222 valence electrons. The van der Waals surface area contributed by atoms with Crippen molar-refractivity contribution in [1.82, 2.24) is 0 Å². The second kappa shape index (κ2) is 17.4. The molecule has 11 nitrogen and oxygen atoms in total. The Morgan fingerprint density at radius 2 is 1.26 bits per heavy atom. The van der Waals surface area contributed by atoms with Crippen LogP contribution in [0.3, 0.4) is 0 Å². The van der Waals surface area contributed by atoms with Crippen molar-refractivity contribution in [2.75, 3.05) is 19.3 Å². The summed E-state index contributed by atoms with van der Waals surface area (Å²) in [4.78, 5) is 73.5. The van der Waals surface area contributed by atoms with Crippen LogP contribution in [0.1, 0.15) is 80.1 Å². The summed E-state index contributed by atoms with van der Waals surface area (Å²) >= 11 is 1.26. The average Bonchev–Trinajstić information content (AvgIpc) is 2.86. The first-order valence-corrected chi connectivity index (χ1v) is 14.8. The van der Waals surface area contributed by atoms with E-state index in [9.17, 15) is 28.8 Å². The van der Waals surface area contributed by atoms with Crippen LogP contribution < -0.4 is 0 Å². The largest absolute Gasteiger partial charge is 0.462 e. The van der Waals surface area contributed by atoms with Crippen LogP contribution in [0.4, 0.5) is 9.59 Å². The Balaban J connectivity index is 2.73. The Hall–Kier alpha value is -2.28. The van der Waals surface area contributed by atoms with Crippen molar-refractivity contribution in [2.24, 2.45) is 17.8 Å². The summed E-state index contributed by atoms with van der Waals surface area (Å²) in [6.45, 7) is 8.43. The molecule has 0 saturated heterocycles. The number of carbonyl (C=O) groups excluding carboxylic acids is 6. The molecule has 0 N–H and O–H groups in total. The summed E-state index contributed by atoms with van der Waals surface area (Å²) in [6.07, 6.45) is 3.88. The number of esters is 3. The molecular formula is C26H40O11S2. The predicted octanol–water partition coefficient (Wildman–Crippen LogP) is 5.27. The molecule has 0 amide bonds. The Labute approximate surface area is 238 Å². The van der Waals surface area contributed by atoms with Crippen molar-refractivity contribution in [1.29, 1.82) is 0 Å². The fraction of sp³-hybridized carbons (Fsp3) is 0.769. The van der Waals surface area contributed by atoms with Crippen LogP contribution in [0.15, 0.2) is 0 Å². The Morgan fingerprint density at radius 3 is 1.77 bits per heavy atom. The van der Waals surface area contributed by atoms with Gasteiger partial charge in [-0.1, -0.05) is 34.1 Å². The first-order valence-electron chi connectivity index (χ1n) is 12.9. The maximum Gasteiger partial charge on any atom is 0.371 e. The van der Waals surface area contributed by atoms with Gasteiger partial charge in [0.25, 0.3) is 0 Å². The topological polar surface area (TPSA) is 149 Å². The van der Waals surface area contributed by atoms with Crippen LogP contribution in [-0.2, 0) is 42.9 Å². The van der Waals surface area contributed by atoms with Crippen molar-refractivity contribution in [3.63, 3.8) is 0 Å². The van der Waals surface area contributed by atoms with E-state index in [1.807, 2.05) is 0 Å². The van der Waals surface area contributed by atoms with Gasteiger partial charge in [-0.2, -0.15) is 0 Å². The van der Waals surface area contributed by atoms with Gasteiger partial charge in [0.2, 0.25) is 13.6 Å². The zero-order valence-electron chi connectivity index (χ0n) is 23.5. The van der Waals surface area contributed by atoms with Gasteiger partial charge in [-0.05, 0) is 63.1 Å². The van der Waals surface area contributed by atoms with Crippen LogP contribution in [0, 0.1) is 17.8 Å². The highest BCUT2D eigenvalue weighted by Gasteiger charge is 2.37. The fourth-order valence-electron chi connectivity index (χ4n) is 3.23. The third-order valence-corrected chi connectivity index (χ3v) is 7.66. The number of ketones is 1. The predicted molar refractivity (Wildman–Crippen MR) is 145 cm³/mol. The molecular weight excluding hydrogens is 552 g/mol. The summed E-state index contributed by atoms with van der Waals surface area (Å²) in [7, 11) is 0. The highest BCUT2D eigenvalue weighted by atomic mass is 32.2. The molecule has 0 bridgehead atoms. The minimum Gasteiger partial charge on any atom is -0.462 e. The summed E-state index contributed by atoms with van der Waals surface area (Å²) in [5.74, 6) is -3.94. The lowest BCUT2D eigenvalue weighted by Gasteiger charge is -2.26. The average molecular weight is 593 g/mol. The second-order valence-corrected chi connectivity index (χ2v) is 12.7. The normalized spacial score (nSPS) is 14.9. The Bertz CT molecular complexity index is 864. The third kappa shape index (κ3) is 14.1. The van der Waals surface area contributed by atoms with Gasteiger partial charge in [0, 0.05) is 12.2 Å². The van der Waals surface area contributed by atoms with E-state index in [0.717, 1.165) is 32.1 Å². The standard InChI is InChI=1S/C26H40O11S2/c1-16(2)21(28)33-14-35-24(31)38-13-18(23(30)37-19-10-8-7-9-11-19)12-20(27)26(5,6)39-25(32)36-15-34-22(29)17(3)4/h16-19H,7-15H2,1-6H3/t18-/m0/s1. The highest BCUT2D eigenvalue weighted by Crippen LogP contribution is 2.31. The van der Waals surface area contributed by atoms with Gasteiger partial charge in [-0.3, -0.25) is 19.2 Å². The van der Waals surface area contributed by atoms with Gasteiger partial charge in [0.1, 0.15) is 11.9 Å². The molecule has 0 aliphatic heterocycles. The van der Waals surface area contributed by atoms with Crippen LogP contribution >= 0.6 is 23.5 Å². The molecule has 1 fully saturated rings. The Kier molecular flexibility index (Phi) is 15.5. The van der Waals surface area contributed by atoms with Crippen molar-refractivity contribution in [3.05, 3.63) is 0 Å². The van der Waals surface area contributed by atoms with Crippen LogP contribution in [-0.4, -0.2) is 64.5 Å². The van der Waals surface area contributed by atoms with Gasteiger partial charge in [0.05, 0.1) is 22.5 Å². The molecule has 0 aromatic heterocycles. The molecule has 1 aliphatic rings. The summed E-state index contributed by atoms with van der Waals surface area (Å²) in [5.41, 5.74) is 0. The number of thioether (sulfide) groups is 2. The minimum atomic E-state index is -1.28. The minimum absolute atomic E-state index is 0.107. The molecule has 1 atom stereocenters. The van der Waals surface area contributed by atoms with E-state index >= 15 is 0 Å². The maximum absolute atomic E-state index is 13.1. The lowest BCUT2D eigenvalue weighted by atomic mass is 9.95. The van der Waals surface area contributed by atoms with E-state index in [4.69, 9.17) is 23.7 Å². The first-order chi connectivity index (χ1) is 18.2. The van der Waals surface area contributed by atoms with Gasteiger partial charge >= 0.3 is 28.5 Å². The van der Waals surface area contributed by atoms with Crippen molar-refractivity contribution in [3.8, 4) is 0 Å². The number of ether oxygens (including phenoxy) is 5. The van der Waals surface area contributed by atoms with E-state index in [2.05, 4.69) is 0 Å². The smallest absolute Gasteiger partial charge is 0.371 e. The van der Waals surface area contributed by atoms with Gasteiger partial charge in [0.15, 0.2) is 0 Å². The molecule has 39 heavy (non-hydrogen) atoms. The van der Waals surface area contributed by atoms with Gasteiger partial charge in [-0.15, -0.1) is 0 Å². The lowest BCUT2D eigenvalue weighted by molar-refractivity contribution is -0.156. The maximum atomic E-state index is 13.1. The van der Waals surface area contributed by atoms with Crippen LogP contribution in [0.5, 0.6) is 0 Å². The van der Waals surface area contributed by atoms with E-state index in [1.54, 1.807) is 27.7 Å². The van der Waals surface area contributed by atoms with E-state index < -0.39 is 58.5 Å². The first kappa shape index (κ1) is 34.7. The molecule has 1 aliphatic carbocycles. The highest BCUT2D eigenvalue weighted by molar-refractivity contribution is 8.15. The summed E-state index contributed by atoms with van der Waals surface area (Å²) in [6, 6.07) is 0. The zero-order chi connectivity index (χ0) is 29.6. The van der Waals surface area contributed by atoms with Crippen molar-refractivity contribution < 1.29 is 52.5 Å². The summed E-state index contributed by atoms with van der Waals surface area (Å²) < 4.78 is 23.7. The monoisotopic (exact) mass is 592 g/mol. The number of rotatable bonds is 14. The second-order valence-electron chi connectivity index (χ2n) is 10.2. The summed E-state index contributed by atoms with van der Waals surface area (Å²) in [5, 5.41) is -1.59.